The van der Waals surface area contributed by atoms with Crippen LogP contribution in [0, 0.1) is 0 Å². The van der Waals surface area contributed by atoms with Gasteiger partial charge in [0.1, 0.15) is 13.2 Å². The van der Waals surface area contributed by atoms with E-state index in [1.54, 1.807) is 14.2 Å². The Morgan fingerprint density at radius 3 is 1.31 bits per heavy atom. The summed E-state index contributed by atoms with van der Waals surface area (Å²) in [5.74, 6) is -0.960. The number of rotatable bonds is 14. The molecule has 0 heterocycles. The second-order valence-electron chi connectivity index (χ2n) is 5.06. The summed E-state index contributed by atoms with van der Waals surface area (Å²) in [5.41, 5.74) is 0.697. The topological polar surface area (TPSA) is 89.5 Å². The van der Waals surface area contributed by atoms with Crippen LogP contribution >= 0.6 is 0 Å². The van der Waals surface area contributed by atoms with Crippen LogP contribution in [0.3, 0.4) is 0 Å². The number of benzene rings is 1. The average molecular weight is 370 g/mol. The molecule has 0 N–H and O–H groups in total. The summed E-state index contributed by atoms with van der Waals surface area (Å²) in [4.78, 5) is 23.7. The summed E-state index contributed by atoms with van der Waals surface area (Å²) in [6, 6.07) is 6.05. The third kappa shape index (κ3) is 9.47. The molecule has 0 atom stereocenters. The second-order valence-corrected chi connectivity index (χ2v) is 5.06. The Hall–Kier alpha value is -2.00. The Morgan fingerprint density at radius 1 is 0.615 bits per heavy atom. The van der Waals surface area contributed by atoms with Crippen LogP contribution in [-0.2, 0) is 28.4 Å². The highest BCUT2D eigenvalue weighted by atomic mass is 16.6. The first kappa shape index (κ1) is 22.0. The summed E-state index contributed by atoms with van der Waals surface area (Å²) < 4.78 is 30.2. The molecule has 0 bridgehead atoms. The lowest BCUT2D eigenvalue weighted by Gasteiger charge is -2.07. The molecular formula is C18H26O8. The zero-order valence-corrected chi connectivity index (χ0v) is 15.2. The maximum absolute atomic E-state index is 11.9. The van der Waals surface area contributed by atoms with Crippen molar-refractivity contribution in [3.05, 3.63) is 35.4 Å². The van der Waals surface area contributed by atoms with Gasteiger partial charge in [0.2, 0.25) is 0 Å². The Morgan fingerprint density at radius 2 is 0.962 bits per heavy atom. The molecule has 1 rings (SSSR count). The predicted octanol–water partition coefficient (Wildman–Crippen LogP) is 1.33. The fourth-order valence-electron chi connectivity index (χ4n) is 1.78. The van der Waals surface area contributed by atoms with Crippen molar-refractivity contribution in [2.75, 3.05) is 67.1 Å². The van der Waals surface area contributed by atoms with Crippen LogP contribution < -0.4 is 0 Å². The standard InChI is InChI=1S/C18H26O8/c1-21-7-9-23-11-13-25-17(19)15-3-5-16(6-4-15)18(20)26-14-12-24-10-8-22-2/h3-6H,7-14H2,1-2H3. The number of hydrogen-bond donors (Lipinski definition) is 0. The van der Waals surface area contributed by atoms with Gasteiger partial charge in [-0.1, -0.05) is 0 Å². The van der Waals surface area contributed by atoms with Gasteiger partial charge < -0.3 is 28.4 Å². The monoisotopic (exact) mass is 370 g/mol. The molecule has 0 unspecified atom stereocenters. The van der Waals surface area contributed by atoms with E-state index in [9.17, 15) is 9.59 Å². The highest BCUT2D eigenvalue weighted by molar-refractivity contribution is 5.93. The lowest BCUT2D eigenvalue weighted by Crippen LogP contribution is -2.14. The molecule has 1 aromatic rings. The van der Waals surface area contributed by atoms with E-state index in [2.05, 4.69) is 0 Å². The molecule has 0 aliphatic rings. The minimum absolute atomic E-state index is 0.148. The van der Waals surface area contributed by atoms with E-state index in [0.29, 0.717) is 50.8 Å². The fourth-order valence-corrected chi connectivity index (χ4v) is 1.78. The van der Waals surface area contributed by atoms with Crippen LogP contribution in [0.4, 0.5) is 0 Å². The predicted molar refractivity (Wildman–Crippen MR) is 92.4 cm³/mol. The van der Waals surface area contributed by atoms with Crippen molar-refractivity contribution >= 4 is 11.9 Å². The lowest BCUT2D eigenvalue weighted by molar-refractivity contribution is 0.0206. The van der Waals surface area contributed by atoms with Gasteiger partial charge in [-0.3, -0.25) is 0 Å². The number of hydrogen-bond acceptors (Lipinski definition) is 8. The maximum Gasteiger partial charge on any atom is 0.338 e. The van der Waals surface area contributed by atoms with Crippen molar-refractivity contribution in [1.29, 1.82) is 0 Å². The molecule has 1 aromatic carbocycles. The van der Waals surface area contributed by atoms with Gasteiger partial charge >= 0.3 is 11.9 Å². The number of carbonyl (C=O) groups is 2. The highest BCUT2D eigenvalue weighted by Gasteiger charge is 2.11. The maximum atomic E-state index is 11.9. The van der Waals surface area contributed by atoms with Crippen molar-refractivity contribution in [3.8, 4) is 0 Å². The minimum atomic E-state index is -0.480. The normalized spacial score (nSPS) is 10.5. The van der Waals surface area contributed by atoms with E-state index in [-0.39, 0.29) is 13.2 Å². The number of methoxy groups -OCH3 is 2. The molecule has 146 valence electrons. The van der Waals surface area contributed by atoms with Gasteiger partial charge in [-0.2, -0.15) is 0 Å². The molecule has 0 saturated heterocycles. The van der Waals surface area contributed by atoms with E-state index in [1.165, 1.54) is 24.3 Å². The average Bonchev–Trinajstić information content (AvgIpc) is 2.67. The zero-order valence-electron chi connectivity index (χ0n) is 15.2. The van der Waals surface area contributed by atoms with E-state index < -0.39 is 11.9 Å². The van der Waals surface area contributed by atoms with Crippen molar-refractivity contribution in [3.63, 3.8) is 0 Å². The van der Waals surface area contributed by atoms with Crippen LogP contribution in [0.5, 0.6) is 0 Å². The van der Waals surface area contributed by atoms with E-state index in [0.717, 1.165) is 0 Å². The van der Waals surface area contributed by atoms with Crippen molar-refractivity contribution in [2.45, 2.75) is 0 Å². The van der Waals surface area contributed by atoms with Gasteiger partial charge in [0.15, 0.2) is 0 Å². The van der Waals surface area contributed by atoms with Gasteiger partial charge in [-0.25, -0.2) is 9.59 Å². The second kappa shape index (κ2) is 14.2. The molecule has 0 fully saturated rings. The molecule has 0 amide bonds. The van der Waals surface area contributed by atoms with Crippen molar-refractivity contribution < 1.29 is 38.0 Å². The van der Waals surface area contributed by atoms with E-state index in [1.807, 2.05) is 0 Å². The van der Waals surface area contributed by atoms with Gasteiger partial charge in [0.25, 0.3) is 0 Å². The van der Waals surface area contributed by atoms with Gasteiger partial charge in [-0.05, 0) is 24.3 Å². The summed E-state index contributed by atoms with van der Waals surface area (Å²) in [6.45, 7) is 2.77. The van der Waals surface area contributed by atoms with Gasteiger partial charge in [0, 0.05) is 14.2 Å². The lowest BCUT2D eigenvalue weighted by atomic mass is 10.1. The van der Waals surface area contributed by atoms with Crippen LogP contribution in [0.1, 0.15) is 20.7 Å². The molecule has 0 spiro atoms. The third-order valence-corrected chi connectivity index (χ3v) is 3.14. The van der Waals surface area contributed by atoms with Crippen LogP contribution in [-0.4, -0.2) is 79.0 Å². The number of esters is 2. The Balaban J connectivity index is 2.26. The molecule has 0 aromatic heterocycles. The third-order valence-electron chi connectivity index (χ3n) is 3.14. The molecular weight excluding hydrogens is 344 g/mol. The SMILES string of the molecule is COCCOCCOC(=O)c1ccc(C(=O)OCCOCCOC)cc1. The van der Waals surface area contributed by atoms with Gasteiger partial charge in [0.05, 0.1) is 50.8 Å². The first-order valence-electron chi connectivity index (χ1n) is 8.26. The Bertz CT molecular complexity index is 467. The van der Waals surface area contributed by atoms with Crippen molar-refractivity contribution in [1.82, 2.24) is 0 Å². The first-order valence-corrected chi connectivity index (χ1v) is 8.26. The quantitative estimate of drug-likeness (QED) is 0.358. The highest BCUT2D eigenvalue weighted by Crippen LogP contribution is 2.07. The molecule has 0 aliphatic heterocycles. The van der Waals surface area contributed by atoms with Gasteiger partial charge in [-0.15, -0.1) is 0 Å². The van der Waals surface area contributed by atoms with Crippen molar-refractivity contribution in [2.24, 2.45) is 0 Å². The fraction of sp³-hybridized carbons (Fsp3) is 0.556. The molecule has 8 nitrogen and oxygen atoms in total. The smallest absolute Gasteiger partial charge is 0.338 e. The van der Waals surface area contributed by atoms with E-state index in [4.69, 9.17) is 28.4 Å². The minimum Gasteiger partial charge on any atom is -0.460 e. The first-order chi connectivity index (χ1) is 12.7. The molecule has 0 radical (unpaired) electrons. The Labute approximate surface area is 153 Å². The summed E-state index contributed by atoms with van der Waals surface area (Å²) in [7, 11) is 3.17. The van der Waals surface area contributed by atoms with Crippen LogP contribution in [0.25, 0.3) is 0 Å². The summed E-state index contributed by atoms with van der Waals surface area (Å²) >= 11 is 0. The summed E-state index contributed by atoms with van der Waals surface area (Å²) in [6.07, 6.45) is 0. The zero-order chi connectivity index (χ0) is 19.0. The summed E-state index contributed by atoms with van der Waals surface area (Å²) in [5, 5.41) is 0. The molecule has 0 aliphatic carbocycles. The largest absolute Gasteiger partial charge is 0.460 e. The van der Waals surface area contributed by atoms with Crippen LogP contribution in [0.15, 0.2) is 24.3 Å². The number of carbonyl (C=O) groups excluding carboxylic acids is 2. The Kier molecular flexibility index (Phi) is 12.0. The van der Waals surface area contributed by atoms with Crippen LogP contribution in [0.2, 0.25) is 0 Å². The molecule has 0 saturated carbocycles. The number of ether oxygens (including phenoxy) is 6. The molecule has 26 heavy (non-hydrogen) atoms. The molecule has 8 heteroatoms. The van der Waals surface area contributed by atoms with E-state index >= 15 is 0 Å².